The Labute approximate surface area is 110 Å². The molecule has 4 nitrogen and oxygen atoms in total. The molecule has 0 fully saturated rings. The quantitative estimate of drug-likeness (QED) is 0.865. The van der Waals surface area contributed by atoms with Crippen molar-refractivity contribution in [2.24, 2.45) is 0 Å². The van der Waals surface area contributed by atoms with E-state index in [4.69, 9.17) is 4.42 Å². The number of carbonyl (C=O) groups is 1. The van der Waals surface area contributed by atoms with Gasteiger partial charge in [0.15, 0.2) is 0 Å². The van der Waals surface area contributed by atoms with Crippen molar-refractivity contribution < 1.29 is 13.6 Å². The monoisotopic (exact) mass is 262 g/mol. The Balaban J connectivity index is 2.15. The van der Waals surface area contributed by atoms with Gasteiger partial charge in [0.25, 0.3) is 5.91 Å². The highest BCUT2D eigenvalue weighted by atomic mass is 19.1. The molecule has 0 spiro atoms. The van der Waals surface area contributed by atoms with Gasteiger partial charge in [-0.15, -0.1) is 0 Å². The summed E-state index contributed by atoms with van der Waals surface area (Å²) in [5, 5.41) is 2.73. The zero-order chi connectivity index (χ0) is 14.0. The molecule has 5 heteroatoms. The molecule has 0 saturated heterocycles. The fourth-order valence-electron chi connectivity index (χ4n) is 1.99. The SMILES string of the molecule is Cc1cc(C(C)NC(=O)c2cccnc2F)c(C)o1. The molecule has 0 bridgehead atoms. The fourth-order valence-corrected chi connectivity index (χ4v) is 1.99. The number of hydrogen-bond donors (Lipinski definition) is 1. The highest BCUT2D eigenvalue weighted by molar-refractivity contribution is 5.94. The van der Waals surface area contributed by atoms with Crippen molar-refractivity contribution in [2.75, 3.05) is 0 Å². The largest absolute Gasteiger partial charge is 0.466 e. The normalized spacial score (nSPS) is 12.2. The summed E-state index contributed by atoms with van der Waals surface area (Å²) >= 11 is 0. The summed E-state index contributed by atoms with van der Waals surface area (Å²) in [7, 11) is 0. The van der Waals surface area contributed by atoms with E-state index in [9.17, 15) is 9.18 Å². The van der Waals surface area contributed by atoms with Gasteiger partial charge < -0.3 is 9.73 Å². The van der Waals surface area contributed by atoms with Crippen LogP contribution in [0, 0.1) is 19.8 Å². The van der Waals surface area contributed by atoms with Crippen LogP contribution in [-0.4, -0.2) is 10.9 Å². The van der Waals surface area contributed by atoms with Crippen molar-refractivity contribution in [3.05, 3.63) is 53.0 Å². The second-order valence-electron chi connectivity index (χ2n) is 4.41. The first kappa shape index (κ1) is 13.3. The van der Waals surface area contributed by atoms with Gasteiger partial charge in [0.05, 0.1) is 11.6 Å². The number of nitrogens with one attached hydrogen (secondary N) is 1. The third kappa shape index (κ3) is 2.81. The van der Waals surface area contributed by atoms with Gasteiger partial charge in [-0.1, -0.05) is 0 Å². The molecule has 19 heavy (non-hydrogen) atoms. The Kier molecular flexibility index (Phi) is 3.64. The molecule has 0 aliphatic carbocycles. The molecular formula is C14H15FN2O2. The van der Waals surface area contributed by atoms with Crippen LogP contribution >= 0.6 is 0 Å². The molecule has 1 unspecified atom stereocenters. The van der Waals surface area contributed by atoms with E-state index in [0.29, 0.717) is 0 Å². The Bertz CT molecular complexity index is 607. The van der Waals surface area contributed by atoms with Crippen molar-refractivity contribution in [3.63, 3.8) is 0 Å². The van der Waals surface area contributed by atoms with Crippen molar-refractivity contribution in [3.8, 4) is 0 Å². The molecule has 1 atom stereocenters. The molecular weight excluding hydrogens is 247 g/mol. The zero-order valence-corrected chi connectivity index (χ0v) is 11.0. The van der Waals surface area contributed by atoms with Gasteiger partial charge in [-0.25, -0.2) is 4.98 Å². The number of rotatable bonds is 3. The minimum Gasteiger partial charge on any atom is -0.466 e. The molecule has 2 rings (SSSR count). The van der Waals surface area contributed by atoms with Gasteiger partial charge >= 0.3 is 0 Å². The average molecular weight is 262 g/mol. The van der Waals surface area contributed by atoms with Gasteiger partial charge in [-0.2, -0.15) is 4.39 Å². The Hall–Kier alpha value is -2.17. The van der Waals surface area contributed by atoms with E-state index in [1.807, 2.05) is 26.8 Å². The lowest BCUT2D eigenvalue weighted by Gasteiger charge is -2.13. The van der Waals surface area contributed by atoms with Crippen molar-refractivity contribution >= 4 is 5.91 Å². The third-order valence-electron chi connectivity index (χ3n) is 2.90. The molecule has 0 aromatic carbocycles. The minimum atomic E-state index is -0.771. The molecule has 100 valence electrons. The smallest absolute Gasteiger partial charge is 0.256 e. The van der Waals surface area contributed by atoms with E-state index in [0.717, 1.165) is 17.1 Å². The van der Waals surface area contributed by atoms with Crippen LogP contribution < -0.4 is 5.32 Å². The number of furan rings is 1. The Morgan fingerprint density at radius 1 is 1.47 bits per heavy atom. The highest BCUT2D eigenvalue weighted by Gasteiger charge is 2.18. The van der Waals surface area contributed by atoms with Crippen LogP contribution in [0.5, 0.6) is 0 Å². The highest BCUT2D eigenvalue weighted by Crippen LogP contribution is 2.21. The number of halogens is 1. The zero-order valence-electron chi connectivity index (χ0n) is 11.0. The van der Waals surface area contributed by atoms with E-state index in [-0.39, 0.29) is 11.6 Å². The average Bonchev–Trinajstić information content (AvgIpc) is 2.69. The van der Waals surface area contributed by atoms with Crippen molar-refractivity contribution in [1.29, 1.82) is 0 Å². The molecule has 1 amide bonds. The summed E-state index contributed by atoms with van der Waals surface area (Å²) in [5.41, 5.74) is 0.822. The molecule has 0 aliphatic rings. The summed E-state index contributed by atoms with van der Waals surface area (Å²) in [6, 6.07) is 4.53. The third-order valence-corrected chi connectivity index (χ3v) is 2.90. The van der Waals surface area contributed by atoms with Crippen LogP contribution in [0.2, 0.25) is 0 Å². The lowest BCUT2D eigenvalue weighted by Crippen LogP contribution is -2.27. The number of hydrogen-bond acceptors (Lipinski definition) is 3. The molecule has 0 saturated carbocycles. The number of carbonyl (C=O) groups excluding carboxylic acids is 1. The van der Waals surface area contributed by atoms with E-state index < -0.39 is 11.9 Å². The van der Waals surface area contributed by atoms with Crippen LogP contribution in [0.4, 0.5) is 4.39 Å². The van der Waals surface area contributed by atoms with E-state index in [1.165, 1.54) is 18.3 Å². The van der Waals surface area contributed by atoms with Crippen molar-refractivity contribution in [2.45, 2.75) is 26.8 Å². The van der Waals surface area contributed by atoms with Crippen LogP contribution in [-0.2, 0) is 0 Å². The second kappa shape index (κ2) is 5.22. The minimum absolute atomic E-state index is 0.0628. The lowest BCUT2D eigenvalue weighted by molar-refractivity contribution is 0.0934. The van der Waals surface area contributed by atoms with Crippen LogP contribution in [0.3, 0.4) is 0 Å². The first-order valence-electron chi connectivity index (χ1n) is 5.97. The van der Waals surface area contributed by atoms with Gasteiger partial charge in [0, 0.05) is 11.8 Å². The van der Waals surface area contributed by atoms with Crippen LogP contribution in [0.15, 0.2) is 28.8 Å². The first-order chi connectivity index (χ1) is 8.99. The molecule has 2 aromatic rings. The summed E-state index contributed by atoms with van der Waals surface area (Å²) in [4.78, 5) is 15.4. The van der Waals surface area contributed by atoms with E-state index in [1.54, 1.807) is 0 Å². The predicted octanol–water partition coefficient (Wildman–Crippen LogP) is 2.92. The summed E-state index contributed by atoms with van der Waals surface area (Å²) in [5.74, 6) is 0.266. The van der Waals surface area contributed by atoms with Gasteiger partial charge in [0.2, 0.25) is 5.95 Å². The molecule has 0 aliphatic heterocycles. The molecule has 2 heterocycles. The maximum absolute atomic E-state index is 13.4. The Morgan fingerprint density at radius 2 is 2.21 bits per heavy atom. The maximum Gasteiger partial charge on any atom is 0.256 e. The number of aryl methyl sites for hydroxylation is 2. The van der Waals surface area contributed by atoms with E-state index in [2.05, 4.69) is 10.3 Å². The number of aromatic nitrogens is 1. The molecule has 1 N–H and O–H groups in total. The second-order valence-corrected chi connectivity index (χ2v) is 4.41. The lowest BCUT2D eigenvalue weighted by atomic mass is 10.1. The fraction of sp³-hybridized carbons (Fsp3) is 0.286. The van der Waals surface area contributed by atoms with E-state index >= 15 is 0 Å². The molecule has 2 aromatic heterocycles. The Morgan fingerprint density at radius 3 is 2.79 bits per heavy atom. The summed E-state index contributed by atoms with van der Waals surface area (Å²) in [6.45, 7) is 5.49. The summed E-state index contributed by atoms with van der Waals surface area (Å²) in [6.07, 6.45) is 1.30. The van der Waals surface area contributed by atoms with Crippen molar-refractivity contribution in [1.82, 2.24) is 10.3 Å². The first-order valence-corrected chi connectivity index (χ1v) is 5.97. The van der Waals surface area contributed by atoms with Gasteiger partial charge in [-0.3, -0.25) is 4.79 Å². The standard InChI is InChI=1S/C14H15FN2O2/c1-8-7-12(10(3)19-8)9(2)17-14(18)11-5-4-6-16-13(11)15/h4-7,9H,1-3H3,(H,17,18). The van der Waals surface area contributed by atoms with Gasteiger partial charge in [-0.05, 0) is 39.0 Å². The number of nitrogens with zero attached hydrogens (tertiary/aromatic N) is 1. The maximum atomic E-state index is 13.4. The topological polar surface area (TPSA) is 55.1 Å². The van der Waals surface area contributed by atoms with Gasteiger partial charge in [0.1, 0.15) is 11.5 Å². The number of amides is 1. The summed E-state index contributed by atoms with van der Waals surface area (Å²) < 4.78 is 18.8. The number of pyridine rings is 1. The van der Waals surface area contributed by atoms with Crippen LogP contribution in [0.25, 0.3) is 0 Å². The molecule has 0 radical (unpaired) electrons. The predicted molar refractivity (Wildman–Crippen MR) is 68.3 cm³/mol. The van der Waals surface area contributed by atoms with Crippen LogP contribution in [0.1, 0.15) is 40.4 Å².